The second-order valence-electron chi connectivity index (χ2n) is 1.99. The molecule has 0 aliphatic carbocycles. The highest BCUT2D eigenvalue weighted by Crippen LogP contribution is 2.44. The van der Waals surface area contributed by atoms with E-state index >= 15 is 0 Å². The molecule has 74 valence electrons. The molecule has 8 heteroatoms. The average molecular weight is 218 g/mol. The highest BCUT2D eigenvalue weighted by molar-refractivity contribution is 6.23. The molecular weight excluding hydrogens is 216 g/mol. The van der Waals surface area contributed by atoms with Gasteiger partial charge >= 0.3 is 12.4 Å². The Hall–Kier alpha value is -0.200. The summed E-state index contributed by atoms with van der Waals surface area (Å²) >= 11 is 3.99. The van der Waals surface area contributed by atoms with Crippen LogP contribution in [0.3, 0.4) is 0 Å². The number of rotatable bonds is 1. The van der Waals surface area contributed by atoms with E-state index in [1.165, 1.54) is 0 Å². The monoisotopic (exact) mass is 218 g/mol. The molecule has 0 rings (SSSR count). The molecule has 0 aromatic rings. The van der Waals surface area contributed by atoms with E-state index in [1.807, 2.05) is 0 Å². The number of hydrogen-bond acceptors (Lipinski definition) is 0. The van der Waals surface area contributed by atoms with E-state index in [2.05, 4.69) is 11.6 Å². The highest BCUT2D eigenvalue weighted by Gasteiger charge is 2.59. The Balaban J connectivity index is 4.44. The summed E-state index contributed by atoms with van der Waals surface area (Å²) in [5.41, 5.74) is 0. The molecule has 0 aliphatic rings. The quantitative estimate of drug-likeness (QED) is 0.467. The van der Waals surface area contributed by atoms with Gasteiger partial charge in [0.1, 0.15) is 6.42 Å². The van der Waals surface area contributed by atoms with Gasteiger partial charge < -0.3 is 0 Å². The molecule has 1 unspecified atom stereocenters. The van der Waals surface area contributed by atoms with Crippen LogP contribution in [-0.2, 0) is 0 Å². The minimum absolute atomic E-state index is 2.74. The standard InChI is InChI=1S/C4H2ClF7/c5-2(6,4(10,11)12)1-3(7,8)9/h1H2. The van der Waals surface area contributed by atoms with Crippen LogP contribution in [0, 0.1) is 0 Å². The second kappa shape index (κ2) is 2.93. The summed E-state index contributed by atoms with van der Waals surface area (Å²) < 4.78 is 79.9. The lowest BCUT2D eigenvalue weighted by molar-refractivity contribution is -0.238. The van der Waals surface area contributed by atoms with Crippen LogP contribution >= 0.6 is 11.6 Å². The van der Waals surface area contributed by atoms with Gasteiger partial charge in [0.2, 0.25) is 0 Å². The summed E-state index contributed by atoms with van der Waals surface area (Å²) in [6.07, 6.45) is -13.7. The summed E-state index contributed by atoms with van der Waals surface area (Å²) in [5.74, 6) is 0. The van der Waals surface area contributed by atoms with Crippen molar-refractivity contribution in [3.8, 4) is 0 Å². The summed E-state index contributed by atoms with van der Waals surface area (Å²) in [4.78, 5) is 0. The van der Waals surface area contributed by atoms with Crippen LogP contribution in [0.1, 0.15) is 6.42 Å². The molecule has 0 aromatic heterocycles. The minimum Gasteiger partial charge on any atom is -0.216 e. The van der Waals surface area contributed by atoms with Crippen molar-refractivity contribution in [2.45, 2.75) is 23.9 Å². The molecular formula is C4H2ClF7. The Morgan fingerprint density at radius 2 is 1.17 bits per heavy atom. The van der Waals surface area contributed by atoms with Gasteiger partial charge in [-0.05, 0) is 0 Å². The summed E-state index contributed by atoms with van der Waals surface area (Å²) in [6.45, 7) is 0. The van der Waals surface area contributed by atoms with E-state index in [9.17, 15) is 30.7 Å². The van der Waals surface area contributed by atoms with Crippen LogP contribution in [0.25, 0.3) is 0 Å². The zero-order chi connectivity index (χ0) is 10.2. The van der Waals surface area contributed by atoms with Gasteiger partial charge in [0.15, 0.2) is 0 Å². The number of alkyl halides is 8. The van der Waals surface area contributed by atoms with Crippen LogP contribution in [-0.4, -0.2) is 17.5 Å². The first kappa shape index (κ1) is 11.8. The fourth-order valence-corrected chi connectivity index (χ4v) is 0.503. The van der Waals surface area contributed by atoms with Crippen molar-refractivity contribution in [2.75, 3.05) is 0 Å². The van der Waals surface area contributed by atoms with Crippen molar-refractivity contribution in [1.82, 2.24) is 0 Å². The molecule has 0 nitrogen and oxygen atoms in total. The van der Waals surface area contributed by atoms with Crippen LogP contribution in [0.15, 0.2) is 0 Å². The Morgan fingerprint density at radius 1 is 0.833 bits per heavy atom. The predicted molar refractivity (Wildman–Crippen MR) is 26.4 cm³/mol. The van der Waals surface area contributed by atoms with E-state index in [4.69, 9.17) is 0 Å². The van der Waals surface area contributed by atoms with Crippen molar-refractivity contribution in [3.63, 3.8) is 0 Å². The second-order valence-corrected chi connectivity index (χ2v) is 2.59. The van der Waals surface area contributed by atoms with E-state index < -0.39 is 23.9 Å². The summed E-state index contributed by atoms with van der Waals surface area (Å²) in [7, 11) is 0. The molecule has 0 N–H and O–H groups in total. The third-order valence-electron chi connectivity index (χ3n) is 0.837. The molecule has 12 heavy (non-hydrogen) atoms. The van der Waals surface area contributed by atoms with Crippen molar-refractivity contribution in [2.24, 2.45) is 0 Å². The molecule has 0 aliphatic heterocycles. The van der Waals surface area contributed by atoms with Crippen molar-refractivity contribution in [3.05, 3.63) is 0 Å². The Morgan fingerprint density at radius 3 is 1.25 bits per heavy atom. The fourth-order valence-electron chi connectivity index (χ4n) is 0.352. The van der Waals surface area contributed by atoms with Gasteiger partial charge in [-0.2, -0.15) is 26.3 Å². The predicted octanol–water partition coefficient (Wildman–Crippen LogP) is 3.41. The molecule has 0 amide bonds. The highest BCUT2D eigenvalue weighted by atomic mass is 35.5. The molecule has 0 saturated heterocycles. The molecule has 1 atom stereocenters. The van der Waals surface area contributed by atoms with Crippen LogP contribution in [0.5, 0.6) is 0 Å². The van der Waals surface area contributed by atoms with E-state index in [1.54, 1.807) is 0 Å². The SMILES string of the molecule is FC(F)(F)CC(F)(Cl)C(F)(F)F. The van der Waals surface area contributed by atoms with E-state index in [0.29, 0.717) is 0 Å². The van der Waals surface area contributed by atoms with Crippen LogP contribution in [0.4, 0.5) is 30.7 Å². The Bertz CT molecular complexity index is 154. The topological polar surface area (TPSA) is 0 Å². The van der Waals surface area contributed by atoms with Crippen molar-refractivity contribution < 1.29 is 30.7 Å². The van der Waals surface area contributed by atoms with E-state index in [-0.39, 0.29) is 0 Å². The lowest BCUT2D eigenvalue weighted by atomic mass is 10.2. The van der Waals surface area contributed by atoms with Gasteiger partial charge in [-0.3, -0.25) is 0 Å². The number of halogens is 8. The molecule has 0 bridgehead atoms. The van der Waals surface area contributed by atoms with Crippen molar-refractivity contribution in [1.29, 1.82) is 0 Å². The van der Waals surface area contributed by atoms with Gasteiger partial charge in [-0.1, -0.05) is 11.6 Å². The third-order valence-corrected chi connectivity index (χ3v) is 1.19. The maximum Gasteiger partial charge on any atom is 0.437 e. The zero-order valence-electron chi connectivity index (χ0n) is 5.23. The first-order valence-electron chi connectivity index (χ1n) is 2.47. The van der Waals surface area contributed by atoms with Gasteiger partial charge in [-0.15, -0.1) is 0 Å². The largest absolute Gasteiger partial charge is 0.437 e. The molecule has 0 radical (unpaired) electrons. The van der Waals surface area contributed by atoms with Crippen LogP contribution < -0.4 is 0 Å². The van der Waals surface area contributed by atoms with Gasteiger partial charge in [-0.25, -0.2) is 4.39 Å². The average Bonchev–Trinajstić information content (AvgIpc) is 1.52. The fraction of sp³-hybridized carbons (Fsp3) is 1.00. The van der Waals surface area contributed by atoms with Gasteiger partial charge in [0, 0.05) is 0 Å². The summed E-state index contributed by atoms with van der Waals surface area (Å²) in [5, 5.41) is -4.73. The van der Waals surface area contributed by atoms with Gasteiger partial charge in [0.05, 0.1) is 0 Å². The normalized spacial score (nSPS) is 19.0. The smallest absolute Gasteiger partial charge is 0.216 e. The molecule has 0 aromatic carbocycles. The first-order chi connectivity index (χ1) is 4.96. The molecule has 0 spiro atoms. The molecule has 0 fully saturated rings. The molecule has 0 heterocycles. The van der Waals surface area contributed by atoms with E-state index in [0.717, 1.165) is 0 Å². The lowest BCUT2D eigenvalue weighted by Gasteiger charge is -2.21. The molecule has 0 saturated carbocycles. The van der Waals surface area contributed by atoms with Crippen molar-refractivity contribution >= 4 is 11.6 Å². The number of hydrogen-bond donors (Lipinski definition) is 0. The van der Waals surface area contributed by atoms with Gasteiger partial charge in [0.25, 0.3) is 5.13 Å². The minimum atomic E-state index is -5.72. The Labute approximate surface area is 67.3 Å². The van der Waals surface area contributed by atoms with Crippen LogP contribution in [0.2, 0.25) is 0 Å². The maximum absolute atomic E-state index is 12.0. The third kappa shape index (κ3) is 3.46. The zero-order valence-corrected chi connectivity index (χ0v) is 5.99. The first-order valence-corrected chi connectivity index (χ1v) is 2.85. The lowest BCUT2D eigenvalue weighted by Crippen LogP contribution is -2.39. The Kier molecular flexibility index (Phi) is 2.89. The maximum atomic E-state index is 12.0. The summed E-state index contributed by atoms with van der Waals surface area (Å²) in [6, 6.07) is 0.